The van der Waals surface area contributed by atoms with E-state index in [4.69, 9.17) is 0 Å². The maximum atomic E-state index is 12.4. The van der Waals surface area contributed by atoms with Gasteiger partial charge in [0.15, 0.2) is 0 Å². The molecule has 0 unspecified atom stereocenters. The van der Waals surface area contributed by atoms with E-state index in [1.165, 1.54) is 0 Å². The fourth-order valence-corrected chi connectivity index (χ4v) is 2.49. The van der Waals surface area contributed by atoms with Crippen LogP contribution in [0.2, 0.25) is 0 Å². The molecule has 3 nitrogen and oxygen atoms in total. The van der Waals surface area contributed by atoms with Gasteiger partial charge in [0.05, 0.1) is 11.9 Å². The van der Waals surface area contributed by atoms with Crippen LogP contribution in [-0.4, -0.2) is 28.9 Å². The molecule has 1 heterocycles. The van der Waals surface area contributed by atoms with Crippen LogP contribution in [0.4, 0.5) is 0 Å². The molecule has 1 aromatic carbocycles. The van der Waals surface area contributed by atoms with Crippen LogP contribution in [-0.2, 0) is 11.2 Å². The van der Waals surface area contributed by atoms with Crippen LogP contribution in [0.25, 0.3) is 10.9 Å². The van der Waals surface area contributed by atoms with E-state index >= 15 is 0 Å². The zero-order valence-corrected chi connectivity index (χ0v) is 12.3. The van der Waals surface area contributed by atoms with Crippen LogP contribution in [0.3, 0.4) is 0 Å². The zero-order valence-electron chi connectivity index (χ0n) is 12.3. The van der Waals surface area contributed by atoms with Gasteiger partial charge in [0.2, 0.25) is 5.91 Å². The van der Waals surface area contributed by atoms with E-state index in [9.17, 15) is 4.79 Å². The average molecular weight is 270 g/mol. The quantitative estimate of drug-likeness (QED) is 0.805. The van der Waals surface area contributed by atoms with Crippen molar-refractivity contribution < 1.29 is 4.79 Å². The number of aromatic nitrogens is 1. The molecule has 0 saturated heterocycles. The number of benzene rings is 1. The predicted octanol–water partition coefficient (Wildman–Crippen LogP) is 3.43. The molecule has 1 aromatic heterocycles. The van der Waals surface area contributed by atoms with Crippen molar-refractivity contribution in [2.75, 3.05) is 13.1 Å². The number of amides is 1. The van der Waals surface area contributed by atoms with Gasteiger partial charge in [0, 0.05) is 24.7 Å². The lowest BCUT2D eigenvalue weighted by Crippen LogP contribution is -2.33. The van der Waals surface area contributed by atoms with Crippen LogP contribution in [0.15, 0.2) is 36.5 Å². The average Bonchev–Trinajstić information content (AvgIpc) is 2.47. The molecule has 0 spiro atoms. The largest absolute Gasteiger partial charge is 0.342 e. The number of rotatable bonds is 6. The van der Waals surface area contributed by atoms with Gasteiger partial charge in [-0.1, -0.05) is 38.1 Å². The Balaban J connectivity index is 2.20. The highest BCUT2D eigenvalue weighted by Crippen LogP contribution is 2.17. The maximum Gasteiger partial charge on any atom is 0.227 e. The molecule has 0 atom stereocenters. The lowest BCUT2D eigenvalue weighted by Gasteiger charge is -2.21. The van der Waals surface area contributed by atoms with Crippen LogP contribution in [0, 0.1) is 0 Å². The highest BCUT2D eigenvalue weighted by atomic mass is 16.2. The minimum Gasteiger partial charge on any atom is -0.342 e. The second-order valence-electron chi connectivity index (χ2n) is 5.05. The van der Waals surface area contributed by atoms with E-state index < -0.39 is 0 Å². The fourth-order valence-electron chi connectivity index (χ4n) is 2.49. The van der Waals surface area contributed by atoms with Gasteiger partial charge in [0.1, 0.15) is 0 Å². The zero-order chi connectivity index (χ0) is 14.4. The SMILES string of the molecule is CCCN(CCC)C(=O)Cc1cccc2cccnc12. The monoisotopic (exact) mass is 270 g/mol. The van der Waals surface area contributed by atoms with Gasteiger partial charge in [0.25, 0.3) is 0 Å². The lowest BCUT2D eigenvalue weighted by atomic mass is 10.1. The number of carbonyl (C=O) groups excluding carboxylic acids is 1. The molecular formula is C17H22N2O. The number of nitrogens with zero attached hydrogens (tertiary/aromatic N) is 2. The van der Waals surface area contributed by atoms with E-state index in [2.05, 4.69) is 18.8 Å². The van der Waals surface area contributed by atoms with Crippen LogP contribution >= 0.6 is 0 Å². The number of carbonyl (C=O) groups is 1. The molecule has 3 heteroatoms. The summed E-state index contributed by atoms with van der Waals surface area (Å²) >= 11 is 0. The van der Waals surface area contributed by atoms with Gasteiger partial charge in [-0.2, -0.15) is 0 Å². The summed E-state index contributed by atoms with van der Waals surface area (Å²) in [7, 11) is 0. The predicted molar refractivity (Wildman–Crippen MR) is 82.6 cm³/mol. The van der Waals surface area contributed by atoms with E-state index in [0.29, 0.717) is 6.42 Å². The second kappa shape index (κ2) is 7.04. The lowest BCUT2D eigenvalue weighted by molar-refractivity contribution is -0.130. The first-order chi connectivity index (χ1) is 9.76. The fraction of sp³-hybridized carbons (Fsp3) is 0.412. The van der Waals surface area contributed by atoms with Crippen molar-refractivity contribution >= 4 is 16.8 Å². The Kier molecular flexibility index (Phi) is 5.10. The van der Waals surface area contributed by atoms with Crippen LogP contribution in [0.5, 0.6) is 0 Å². The Morgan fingerprint density at radius 2 is 1.80 bits per heavy atom. The Morgan fingerprint density at radius 1 is 1.10 bits per heavy atom. The van der Waals surface area contributed by atoms with Crippen molar-refractivity contribution in [2.45, 2.75) is 33.1 Å². The van der Waals surface area contributed by atoms with Gasteiger partial charge in [-0.25, -0.2) is 0 Å². The number of pyridine rings is 1. The van der Waals surface area contributed by atoms with Crippen molar-refractivity contribution in [1.82, 2.24) is 9.88 Å². The smallest absolute Gasteiger partial charge is 0.227 e. The molecule has 0 aliphatic heterocycles. The molecule has 0 radical (unpaired) electrons. The number of hydrogen-bond acceptors (Lipinski definition) is 2. The van der Waals surface area contributed by atoms with Gasteiger partial charge >= 0.3 is 0 Å². The summed E-state index contributed by atoms with van der Waals surface area (Å²) < 4.78 is 0. The summed E-state index contributed by atoms with van der Waals surface area (Å²) in [5.74, 6) is 0.201. The molecule has 0 bridgehead atoms. The molecule has 2 aromatic rings. The molecular weight excluding hydrogens is 248 g/mol. The normalized spacial score (nSPS) is 10.7. The van der Waals surface area contributed by atoms with E-state index in [-0.39, 0.29) is 5.91 Å². The Bertz CT molecular complexity index is 569. The summed E-state index contributed by atoms with van der Waals surface area (Å²) in [5, 5.41) is 1.09. The first-order valence-electron chi connectivity index (χ1n) is 7.36. The molecule has 1 amide bonds. The van der Waals surface area contributed by atoms with Crippen molar-refractivity contribution in [3.8, 4) is 0 Å². The van der Waals surface area contributed by atoms with E-state index in [1.54, 1.807) is 6.20 Å². The van der Waals surface area contributed by atoms with E-state index in [1.807, 2.05) is 35.2 Å². The summed E-state index contributed by atoms with van der Waals surface area (Å²) in [6.45, 7) is 5.89. The third-order valence-corrected chi connectivity index (χ3v) is 3.40. The van der Waals surface area contributed by atoms with E-state index in [0.717, 1.165) is 42.4 Å². The third-order valence-electron chi connectivity index (χ3n) is 3.40. The van der Waals surface area contributed by atoms with Gasteiger partial charge in [-0.05, 0) is 24.5 Å². The van der Waals surface area contributed by atoms with Crippen LogP contribution in [0.1, 0.15) is 32.3 Å². The minimum absolute atomic E-state index is 0.201. The molecule has 2 rings (SSSR count). The molecule has 0 fully saturated rings. The Morgan fingerprint density at radius 3 is 2.50 bits per heavy atom. The first-order valence-corrected chi connectivity index (χ1v) is 7.36. The Hall–Kier alpha value is -1.90. The molecule has 0 aliphatic rings. The van der Waals surface area contributed by atoms with Crippen molar-refractivity contribution in [2.24, 2.45) is 0 Å². The Labute approximate surface area is 120 Å². The topological polar surface area (TPSA) is 33.2 Å². The highest BCUT2D eigenvalue weighted by molar-refractivity contribution is 5.87. The summed E-state index contributed by atoms with van der Waals surface area (Å²) in [6, 6.07) is 9.99. The summed E-state index contributed by atoms with van der Waals surface area (Å²) in [5.41, 5.74) is 1.96. The molecule has 0 N–H and O–H groups in total. The first kappa shape index (κ1) is 14.5. The third kappa shape index (κ3) is 3.35. The van der Waals surface area contributed by atoms with Crippen molar-refractivity contribution in [3.05, 3.63) is 42.1 Å². The summed E-state index contributed by atoms with van der Waals surface area (Å²) in [6.07, 6.45) is 4.22. The number of para-hydroxylation sites is 1. The minimum atomic E-state index is 0.201. The number of fused-ring (bicyclic) bond motifs is 1. The van der Waals surface area contributed by atoms with Crippen molar-refractivity contribution in [3.63, 3.8) is 0 Å². The van der Waals surface area contributed by atoms with Crippen LogP contribution < -0.4 is 0 Å². The maximum absolute atomic E-state index is 12.4. The summed E-state index contributed by atoms with van der Waals surface area (Å²) in [4.78, 5) is 18.8. The van der Waals surface area contributed by atoms with Gasteiger partial charge < -0.3 is 4.90 Å². The second-order valence-corrected chi connectivity index (χ2v) is 5.05. The van der Waals surface area contributed by atoms with Crippen molar-refractivity contribution in [1.29, 1.82) is 0 Å². The van der Waals surface area contributed by atoms with Gasteiger partial charge in [-0.15, -0.1) is 0 Å². The molecule has 0 saturated carbocycles. The standard InChI is InChI=1S/C17H22N2O/c1-3-11-19(12-4-2)16(20)13-15-8-5-7-14-9-6-10-18-17(14)15/h5-10H,3-4,11-13H2,1-2H3. The molecule has 0 aliphatic carbocycles. The molecule has 106 valence electrons. The number of hydrogen-bond donors (Lipinski definition) is 0. The van der Waals surface area contributed by atoms with Gasteiger partial charge in [-0.3, -0.25) is 9.78 Å². The highest BCUT2D eigenvalue weighted by Gasteiger charge is 2.14. The molecule has 20 heavy (non-hydrogen) atoms.